The maximum Gasteiger partial charge on any atom is 0.262 e. The fraction of sp³-hybridized carbons (Fsp3) is 0.214. The second-order valence-electron chi connectivity index (χ2n) is 8.71. The normalized spacial score (nSPS) is 19.2. The summed E-state index contributed by atoms with van der Waals surface area (Å²) in [7, 11) is 1.57. The maximum atomic E-state index is 12.8. The zero-order chi connectivity index (χ0) is 25.1. The summed E-state index contributed by atoms with van der Waals surface area (Å²) in [5, 5.41) is 9.50. The summed E-state index contributed by atoms with van der Waals surface area (Å²) >= 11 is 1.30. The summed E-state index contributed by atoms with van der Waals surface area (Å²) in [6, 6.07) is 25.4. The summed E-state index contributed by atoms with van der Waals surface area (Å²) in [5.41, 5.74) is 4.88. The van der Waals surface area contributed by atoms with Gasteiger partial charge in [-0.15, -0.1) is 0 Å². The topological polar surface area (TPSA) is 83.4 Å². The molecule has 0 bridgehead atoms. The number of amides is 2. The highest BCUT2D eigenvalue weighted by atomic mass is 32.2. The van der Waals surface area contributed by atoms with Crippen LogP contribution in [0.25, 0.3) is 0 Å². The second-order valence-corrected chi connectivity index (χ2v) is 9.88. The first kappa shape index (κ1) is 23.8. The standard InChI is InChI=1S/C28H26N4O3S/c1-18-11-13-20(14-12-18)24-16-23(19-7-4-3-5-8-19)31-32(24)28-30-27(34)25(36-28)17-26(33)29-21-9-6-10-22(15-21)35-2/h3-15,24-25H,16-17H2,1-2H3,(H,29,33)/t24-,25-/m0/s1. The Balaban J connectivity index is 1.33. The molecule has 0 saturated heterocycles. The number of methoxy groups -OCH3 is 1. The fourth-order valence-corrected chi connectivity index (χ4v) is 5.29. The number of benzene rings is 3. The molecule has 3 aromatic rings. The van der Waals surface area contributed by atoms with E-state index < -0.39 is 5.25 Å². The Morgan fingerprint density at radius 1 is 1.08 bits per heavy atom. The molecule has 0 spiro atoms. The van der Waals surface area contributed by atoms with Gasteiger partial charge < -0.3 is 10.1 Å². The molecule has 2 amide bonds. The van der Waals surface area contributed by atoms with Crippen molar-refractivity contribution in [2.75, 3.05) is 12.4 Å². The van der Waals surface area contributed by atoms with Crippen molar-refractivity contribution in [2.24, 2.45) is 10.1 Å². The SMILES string of the molecule is COc1cccc(NC(=O)C[C@@H]2SC(N3N=C(c4ccccc4)C[C@H]3c3ccc(C)cc3)=NC2=O)c1. The fourth-order valence-electron chi connectivity index (χ4n) is 4.23. The number of hydrogen-bond acceptors (Lipinski definition) is 6. The molecule has 0 fully saturated rings. The number of carbonyl (C=O) groups is 2. The van der Waals surface area contributed by atoms with E-state index in [-0.39, 0.29) is 24.3 Å². The van der Waals surface area contributed by atoms with Crippen molar-refractivity contribution in [3.05, 3.63) is 95.6 Å². The lowest BCUT2D eigenvalue weighted by Gasteiger charge is -2.23. The maximum absolute atomic E-state index is 12.8. The third-order valence-corrected chi connectivity index (χ3v) is 7.27. The van der Waals surface area contributed by atoms with E-state index in [2.05, 4.69) is 41.5 Å². The number of aliphatic imine (C=N–C) groups is 1. The van der Waals surface area contributed by atoms with Crippen molar-refractivity contribution in [1.82, 2.24) is 5.01 Å². The molecule has 3 aromatic carbocycles. The minimum absolute atomic E-state index is 0.0198. The number of nitrogens with one attached hydrogen (secondary N) is 1. The Hall–Kier alpha value is -3.91. The van der Waals surface area contributed by atoms with E-state index in [1.54, 1.807) is 31.4 Å². The number of aryl methyl sites for hydroxylation is 1. The zero-order valence-corrected chi connectivity index (χ0v) is 20.9. The highest BCUT2D eigenvalue weighted by molar-refractivity contribution is 8.15. The van der Waals surface area contributed by atoms with Gasteiger partial charge in [0.05, 0.1) is 18.9 Å². The molecule has 0 saturated carbocycles. The first-order valence-electron chi connectivity index (χ1n) is 11.7. The largest absolute Gasteiger partial charge is 0.497 e. The van der Waals surface area contributed by atoms with Crippen LogP contribution in [0.5, 0.6) is 5.75 Å². The van der Waals surface area contributed by atoms with Crippen LogP contribution in [0.3, 0.4) is 0 Å². The molecule has 2 aliphatic rings. The number of carbonyl (C=O) groups excluding carboxylic acids is 2. The molecule has 0 radical (unpaired) electrons. The number of hydrazone groups is 1. The molecule has 2 aliphatic heterocycles. The van der Waals surface area contributed by atoms with Crippen LogP contribution >= 0.6 is 11.8 Å². The molecule has 8 heteroatoms. The first-order chi connectivity index (χ1) is 17.5. The average Bonchev–Trinajstić information content (AvgIpc) is 3.49. The summed E-state index contributed by atoms with van der Waals surface area (Å²) in [4.78, 5) is 29.8. The first-order valence-corrected chi connectivity index (χ1v) is 12.6. The lowest BCUT2D eigenvalue weighted by molar-refractivity contribution is -0.121. The average molecular weight is 499 g/mol. The van der Waals surface area contributed by atoms with E-state index in [0.29, 0.717) is 23.0 Å². The van der Waals surface area contributed by atoms with Gasteiger partial charge in [-0.05, 0) is 30.2 Å². The summed E-state index contributed by atoms with van der Waals surface area (Å²) in [5.74, 6) is 0.0744. The third kappa shape index (κ3) is 5.18. The molecular formula is C28H26N4O3S. The van der Waals surface area contributed by atoms with Crippen LogP contribution in [0.4, 0.5) is 5.69 Å². The molecule has 0 aromatic heterocycles. The van der Waals surface area contributed by atoms with Crippen molar-refractivity contribution in [3.63, 3.8) is 0 Å². The molecular weight excluding hydrogens is 472 g/mol. The minimum Gasteiger partial charge on any atom is -0.497 e. The van der Waals surface area contributed by atoms with Gasteiger partial charge in [0.2, 0.25) is 5.91 Å². The van der Waals surface area contributed by atoms with Gasteiger partial charge in [-0.1, -0.05) is 78.0 Å². The Morgan fingerprint density at radius 2 is 1.86 bits per heavy atom. The molecule has 2 atom stereocenters. The number of anilines is 1. The molecule has 1 N–H and O–H groups in total. The van der Waals surface area contributed by atoms with Crippen LogP contribution in [0, 0.1) is 6.92 Å². The number of thioether (sulfide) groups is 1. The Kier molecular flexibility index (Phi) is 6.86. The summed E-state index contributed by atoms with van der Waals surface area (Å²) in [6.45, 7) is 2.05. The van der Waals surface area contributed by atoms with Gasteiger partial charge in [0.1, 0.15) is 11.0 Å². The van der Waals surface area contributed by atoms with Gasteiger partial charge in [-0.25, -0.2) is 5.01 Å². The number of ether oxygens (including phenoxy) is 1. The highest BCUT2D eigenvalue weighted by Gasteiger charge is 2.39. The van der Waals surface area contributed by atoms with Crippen LogP contribution in [-0.2, 0) is 9.59 Å². The van der Waals surface area contributed by atoms with E-state index in [4.69, 9.17) is 9.84 Å². The van der Waals surface area contributed by atoms with Crippen LogP contribution in [0.1, 0.15) is 35.6 Å². The summed E-state index contributed by atoms with van der Waals surface area (Å²) in [6.07, 6.45) is 0.716. The second kappa shape index (κ2) is 10.4. The Bertz CT molecular complexity index is 1340. The molecule has 0 aliphatic carbocycles. The number of rotatable bonds is 6. The minimum atomic E-state index is -0.597. The van der Waals surface area contributed by atoms with Gasteiger partial charge in [-0.2, -0.15) is 10.1 Å². The molecule has 36 heavy (non-hydrogen) atoms. The molecule has 2 heterocycles. The lowest BCUT2D eigenvalue weighted by Crippen LogP contribution is -2.25. The van der Waals surface area contributed by atoms with Crippen molar-refractivity contribution < 1.29 is 14.3 Å². The number of nitrogens with zero attached hydrogens (tertiary/aromatic N) is 3. The van der Waals surface area contributed by atoms with E-state index in [0.717, 1.165) is 16.8 Å². The summed E-state index contributed by atoms with van der Waals surface area (Å²) < 4.78 is 5.21. The predicted molar refractivity (Wildman–Crippen MR) is 143 cm³/mol. The smallest absolute Gasteiger partial charge is 0.262 e. The van der Waals surface area contributed by atoms with Crippen LogP contribution in [0.2, 0.25) is 0 Å². The van der Waals surface area contributed by atoms with Crippen LogP contribution < -0.4 is 10.1 Å². The van der Waals surface area contributed by atoms with E-state index >= 15 is 0 Å². The third-order valence-electron chi connectivity index (χ3n) is 6.13. The van der Waals surface area contributed by atoms with E-state index in [9.17, 15) is 9.59 Å². The molecule has 5 rings (SSSR count). The van der Waals surface area contributed by atoms with Gasteiger partial charge in [0.15, 0.2) is 5.17 Å². The Morgan fingerprint density at radius 3 is 2.61 bits per heavy atom. The molecule has 182 valence electrons. The van der Waals surface area contributed by atoms with Gasteiger partial charge in [-0.3, -0.25) is 9.59 Å². The van der Waals surface area contributed by atoms with Crippen LogP contribution in [0.15, 0.2) is 89.0 Å². The zero-order valence-electron chi connectivity index (χ0n) is 20.0. The molecule has 0 unspecified atom stereocenters. The lowest BCUT2D eigenvalue weighted by atomic mass is 9.98. The monoisotopic (exact) mass is 498 g/mol. The van der Waals surface area contributed by atoms with Gasteiger partial charge in [0.25, 0.3) is 5.91 Å². The number of amidine groups is 1. The van der Waals surface area contributed by atoms with Gasteiger partial charge in [0, 0.05) is 24.6 Å². The Labute approximate surface area is 214 Å². The number of hydrogen-bond donors (Lipinski definition) is 1. The van der Waals surface area contributed by atoms with E-state index in [1.807, 2.05) is 35.3 Å². The van der Waals surface area contributed by atoms with Crippen molar-refractivity contribution in [1.29, 1.82) is 0 Å². The van der Waals surface area contributed by atoms with Crippen molar-refractivity contribution in [3.8, 4) is 5.75 Å². The highest BCUT2D eigenvalue weighted by Crippen LogP contribution is 2.38. The van der Waals surface area contributed by atoms with Crippen molar-refractivity contribution >= 4 is 40.1 Å². The van der Waals surface area contributed by atoms with E-state index in [1.165, 1.54) is 17.3 Å². The van der Waals surface area contributed by atoms with Crippen LogP contribution in [-0.4, -0.2) is 40.1 Å². The van der Waals surface area contributed by atoms with Gasteiger partial charge >= 0.3 is 0 Å². The molecule has 7 nitrogen and oxygen atoms in total. The quantitative estimate of drug-likeness (QED) is 0.506. The predicted octanol–water partition coefficient (Wildman–Crippen LogP) is 5.18. The van der Waals surface area contributed by atoms with Crippen molar-refractivity contribution in [2.45, 2.75) is 31.1 Å².